The first-order valence-corrected chi connectivity index (χ1v) is 7.50. The number of benzene rings is 1. The van der Waals surface area contributed by atoms with Crippen LogP contribution >= 0.6 is 0 Å². The van der Waals surface area contributed by atoms with Crippen LogP contribution in [0.1, 0.15) is 25.7 Å². The molecule has 7 heteroatoms. The molecule has 1 aliphatic heterocycles. The van der Waals surface area contributed by atoms with Gasteiger partial charge >= 0.3 is 5.69 Å². The van der Waals surface area contributed by atoms with E-state index in [0.717, 1.165) is 25.7 Å². The Bertz CT molecular complexity index is 557. The zero-order valence-corrected chi connectivity index (χ0v) is 12.5. The van der Waals surface area contributed by atoms with Crippen molar-refractivity contribution in [3.63, 3.8) is 0 Å². The summed E-state index contributed by atoms with van der Waals surface area (Å²) in [5, 5.41) is 14.3. The van der Waals surface area contributed by atoms with Crippen molar-refractivity contribution < 1.29 is 19.1 Å². The maximum Gasteiger partial charge on any atom is 0.333 e. The average molecular weight is 308 g/mol. The number of para-hydroxylation sites is 1. The number of hydrogen-bond donors (Lipinski definition) is 1. The van der Waals surface area contributed by atoms with E-state index in [-0.39, 0.29) is 17.5 Å². The average Bonchev–Trinajstić information content (AvgIpc) is 3.14. The fourth-order valence-electron chi connectivity index (χ4n) is 3.13. The summed E-state index contributed by atoms with van der Waals surface area (Å²) < 4.78 is 16.9. The molecule has 1 aromatic rings. The van der Waals surface area contributed by atoms with E-state index < -0.39 is 10.7 Å². The van der Waals surface area contributed by atoms with E-state index in [0.29, 0.717) is 18.8 Å². The highest BCUT2D eigenvalue weighted by Crippen LogP contribution is 2.39. The van der Waals surface area contributed by atoms with Crippen LogP contribution in [0.4, 0.5) is 11.4 Å². The molecule has 1 heterocycles. The third-order valence-corrected chi connectivity index (χ3v) is 4.20. The molecule has 1 aromatic carbocycles. The summed E-state index contributed by atoms with van der Waals surface area (Å²) in [6.07, 6.45) is 4.03. The normalized spacial score (nSPS) is 22.9. The molecular weight excluding hydrogens is 288 g/mol. The molecule has 1 atom stereocenters. The summed E-state index contributed by atoms with van der Waals surface area (Å²) >= 11 is 0. The van der Waals surface area contributed by atoms with E-state index in [1.165, 1.54) is 7.11 Å². The fraction of sp³-hybridized carbons (Fsp3) is 0.600. The number of rotatable bonds is 5. The van der Waals surface area contributed by atoms with Gasteiger partial charge < -0.3 is 19.5 Å². The van der Waals surface area contributed by atoms with Crippen molar-refractivity contribution in [2.45, 2.75) is 37.6 Å². The highest BCUT2D eigenvalue weighted by molar-refractivity contribution is 5.68. The maximum absolute atomic E-state index is 11.2. The molecule has 0 bridgehead atoms. The van der Waals surface area contributed by atoms with Gasteiger partial charge in [0.1, 0.15) is 11.8 Å². The molecule has 1 saturated heterocycles. The summed E-state index contributed by atoms with van der Waals surface area (Å²) in [4.78, 5) is 10.8. The predicted octanol–water partition coefficient (Wildman–Crippen LogP) is 2.70. The number of hydrogen-bond acceptors (Lipinski definition) is 6. The monoisotopic (exact) mass is 308 g/mol. The quantitative estimate of drug-likeness (QED) is 0.665. The number of nitro benzene ring substituents is 1. The Hall–Kier alpha value is -1.86. The summed E-state index contributed by atoms with van der Waals surface area (Å²) in [6, 6.07) is 4.96. The van der Waals surface area contributed by atoms with E-state index in [2.05, 4.69) is 5.32 Å². The van der Waals surface area contributed by atoms with Crippen LogP contribution in [0.2, 0.25) is 0 Å². The molecule has 2 fully saturated rings. The number of methoxy groups -OCH3 is 1. The van der Waals surface area contributed by atoms with Crippen molar-refractivity contribution in [3.8, 4) is 5.75 Å². The summed E-state index contributed by atoms with van der Waals surface area (Å²) in [5.74, 6) is -0.169. The molecule has 0 unspecified atom stereocenters. The first-order valence-electron chi connectivity index (χ1n) is 7.50. The van der Waals surface area contributed by atoms with Crippen molar-refractivity contribution in [1.29, 1.82) is 0 Å². The predicted molar refractivity (Wildman–Crippen MR) is 80.2 cm³/mol. The van der Waals surface area contributed by atoms with E-state index in [1.54, 1.807) is 18.2 Å². The lowest BCUT2D eigenvalue weighted by molar-refractivity contribution is -0.384. The van der Waals surface area contributed by atoms with Crippen LogP contribution in [0, 0.1) is 10.1 Å². The van der Waals surface area contributed by atoms with Crippen molar-refractivity contribution in [1.82, 2.24) is 0 Å². The van der Waals surface area contributed by atoms with Crippen LogP contribution in [-0.2, 0) is 9.47 Å². The smallest absolute Gasteiger partial charge is 0.333 e. The molecular formula is C15H20N2O5. The number of anilines is 1. The minimum absolute atomic E-state index is 0.0560. The Labute approximate surface area is 128 Å². The number of nitro groups is 1. The van der Waals surface area contributed by atoms with Gasteiger partial charge in [0, 0.05) is 19.4 Å². The molecule has 1 saturated carbocycles. The van der Waals surface area contributed by atoms with E-state index in [4.69, 9.17) is 14.2 Å². The minimum Gasteiger partial charge on any atom is -0.490 e. The van der Waals surface area contributed by atoms with E-state index in [9.17, 15) is 10.1 Å². The molecule has 22 heavy (non-hydrogen) atoms. The van der Waals surface area contributed by atoms with Gasteiger partial charge in [-0.25, -0.2) is 0 Å². The maximum atomic E-state index is 11.2. The Morgan fingerprint density at radius 2 is 2.23 bits per heavy atom. The highest BCUT2D eigenvalue weighted by atomic mass is 16.7. The number of nitrogens with zero attached hydrogens (tertiary/aromatic N) is 1. The van der Waals surface area contributed by atoms with Gasteiger partial charge in [0.05, 0.1) is 18.6 Å². The van der Waals surface area contributed by atoms with Gasteiger partial charge in [-0.05, 0) is 25.0 Å². The molecule has 2 aliphatic rings. The molecule has 1 N–H and O–H groups in total. The van der Waals surface area contributed by atoms with Crippen LogP contribution in [0.3, 0.4) is 0 Å². The second-order valence-electron chi connectivity index (χ2n) is 5.66. The molecule has 3 rings (SSSR count). The van der Waals surface area contributed by atoms with Crippen LogP contribution in [-0.4, -0.2) is 37.1 Å². The van der Waals surface area contributed by atoms with E-state index in [1.807, 2.05) is 0 Å². The highest BCUT2D eigenvalue weighted by Gasteiger charge is 2.43. The number of nitrogens with one attached hydrogen (secondary N) is 1. The van der Waals surface area contributed by atoms with Gasteiger partial charge in [-0.2, -0.15) is 0 Å². The fourth-order valence-corrected chi connectivity index (χ4v) is 3.13. The topological polar surface area (TPSA) is 82.9 Å². The van der Waals surface area contributed by atoms with Gasteiger partial charge in [-0.3, -0.25) is 10.1 Å². The molecule has 0 amide bonds. The molecule has 1 spiro atoms. The Kier molecular flexibility index (Phi) is 4.17. The third kappa shape index (κ3) is 2.86. The second-order valence-corrected chi connectivity index (χ2v) is 5.66. The first-order chi connectivity index (χ1) is 10.6. The van der Waals surface area contributed by atoms with Crippen molar-refractivity contribution in [2.24, 2.45) is 0 Å². The van der Waals surface area contributed by atoms with Gasteiger partial charge in [-0.15, -0.1) is 0 Å². The Balaban J connectivity index is 1.66. The Morgan fingerprint density at radius 1 is 1.45 bits per heavy atom. The summed E-state index contributed by atoms with van der Waals surface area (Å²) in [6.45, 7) is 0.987. The van der Waals surface area contributed by atoms with Gasteiger partial charge in [0.2, 0.25) is 0 Å². The third-order valence-electron chi connectivity index (χ3n) is 4.20. The SMILES string of the molecule is COc1cccc(NC[C@H]2COC3(CCCC3)O2)c1[N+](=O)[O-]. The summed E-state index contributed by atoms with van der Waals surface area (Å²) in [7, 11) is 1.42. The molecule has 0 aromatic heterocycles. The van der Waals surface area contributed by atoms with Crippen molar-refractivity contribution >= 4 is 11.4 Å². The summed E-state index contributed by atoms with van der Waals surface area (Å²) in [5.41, 5.74) is 0.375. The van der Waals surface area contributed by atoms with Crippen LogP contribution in [0.5, 0.6) is 5.75 Å². The Morgan fingerprint density at radius 3 is 2.91 bits per heavy atom. The molecule has 0 radical (unpaired) electrons. The van der Waals surface area contributed by atoms with Gasteiger partial charge in [0.15, 0.2) is 11.5 Å². The second kappa shape index (κ2) is 6.10. The van der Waals surface area contributed by atoms with Crippen LogP contribution < -0.4 is 10.1 Å². The molecule has 7 nitrogen and oxygen atoms in total. The van der Waals surface area contributed by atoms with Gasteiger partial charge in [0.25, 0.3) is 0 Å². The van der Waals surface area contributed by atoms with Crippen molar-refractivity contribution in [2.75, 3.05) is 25.6 Å². The van der Waals surface area contributed by atoms with Gasteiger partial charge in [-0.1, -0.05) is 6.07 Å². The lowest BCUT2D eigenvalue weighted by Crippen LogP contribution is -2.29. The van der Waals surface area contributed by atoms with Crippen LogP contribution in [0.15, 0.2) is 18.2 Å². The van der Waals surface area contributed by atoms with Crippen molar-refractivity contribution in [3.05, 3.63) is 28.3 Å². The number of ether oxygens (including phenoxy) is 3. The zero-order valence-electron chi connectivity index (χ0n) is 12.5. The van der Waals surface area contributed by atoms with E-state index >= 15 is 0 Å². The molecule has 1 aliphatic carbocycles. The standard InChI is InChI=1S/C15H20N2O5/c1-20-13-6-4-5-12(14(13)17(18)19)16-9-11-10-21-15(22-11)7-2-3-8-15/h4-6,11,16H,2-3,7-10H2,1H3/t11-/m0/s1. The lowest BCUT2D eigenvalue weighted by Gasteiger charge is -2.22. The minimum atomic E-state index is -0.439. The zero-order chi connectivity index (χ0) is 15.6. The molecule has 120 valence electrons. The largest absolute Gasteiger partial charge is 0.490 e. The first kappa shape index (κ1) is 15.1. The van der Waals surface area contributed by atoms with Crippen LogP contribution in [0.25, 0.3) is 0 Å². The lowest BCUT2D eigenvalue weighted by atomic mass is 10.2.